The summed E-state index contributed by atoms with van der Waals surface area (Å²) in [5, 5.41) is 13.1. The Labute approximate surface area is 135 Å². The number of nitrogens with zero attached hydrogens (tertiary/aromatic N) is 2. The molecule has 5 nitrogen and oxygen atoms in total. The third kappa shape index (κ3) is 5.00. The molecule has 1 aromatic heterocycles. The van der Waals surface area contributed by atoms with Crippen LogP contribution in [0, 0.1) is 5.82 Å². The van der Waals surface area contributed by atoms with E-state index in [9.17, 15) is 9.18 Å². The molecule has 0 aliphatic rings. The quantitative estimate of drug-likeness (QED) is 0.618. The molecular formula is C16H21FN2O3Si. The van der Waals surface area contributed by atoms with E-state index in [4.69, 9.17) is 9.84 Å². The van der Waals surface area contributed by atoms with Crippen molar-refractivity contribution in [1.82, 2.24) is 9.78 Å². The lowest BCUT2D eigenvalue weighted by atomic mass is 10.1. The lowest BCUT2D eigenvalue weighted by molar-refractivity contribution is 0.0673. The number of halogens is 1. The lowest BCUT2D eigenvalue weighted by Crippen LogP contribution is -2.22. The minimum absolute atomic E-state index is 0.0851. The Balaban J connectivity index is 2.19. The maximum atomic E-state index is 13.4. The van der Waals surface area contributed by atoms with Gasteiger partial charge in [0.15, 0.2) is 5.69 Å². The standard InChI is InChI=1S/C16H21FN2O3Si/c1-23(2,3)8-7-22-11-19-15(10-14(18-19)16(20)21)12-5-4-6-13(17)9-12/h4-6,9-10H,7-8,11H2,1-3H3,(H,20,21). The van der Waals surface area contributed by atoms with Gasteiger partial charge in [-0.1, -0.05) is 31.8 Å². The molecule has 0 fully saturated rings. The minimum atomic E-state index is -1.19. The highest BCUT2D eigenvalue weighted by Gasteiger charge is 2.16. The lowest BCUT2D eigenvalue weighted by Gasteiger charge is -2.15. The number of carboxylic acid groups (broad SMARTS) is 1. The monoisotopic (exact) mass is 336 g/mol. The van der Waals surface area contributed by atoms with Crippen LogP contribution in [0.5, 0.6) is 0 Å². The topological polar surface area (TPSA) is 64.4 Å². The third-order valence-electron chi connectivity index (χ3n) is 3.33. The molecule has 0 unspecified atom stereocenters. The fourth-order valence-electron chi connectivity index (χ4n) is 2.03. The molecule has 1 heterocycles. The van der Waals surface area contributed by atoms with E-state index in [-0.39, 0.29) is 18.2 Å². The van der Waals surface area contributed by atoms with E-state index in [1.807, 2.05) is 0 Å². The van der Waals surface area contributed by atoms with Gasteiger partial charge in [0.2, 0.25) is 0 Å². The van der Waals surface area contributed by atoms with Crippen molar-refractivity contribution in [2.24, 2.45) is 0 Å². The predicted molar refractivity (Wildman–Crippen MR) is 88.7 cm³/mol. The number of rotatable bonds is 7. The van der Waals surface area contributed by atoms with Gasteiger partial charge in [0.1, 0.15) is 12.5 Å². The van der Waals surface area contributed by atoms with Gasteiger partial charge in [-0.2, -0.15) is 5.10 Å². The number of ether oxygens (including phenoxy) is 1. The zero-order valence-corrected chi connectivity index (χ0v) is 14.5. The average molecular weight is 336 g/mol. The highest BCUT2D eigenvalue weighted by atomic mass is 28.3. The van der Waals surface area contributed by atoms with Crippen LogP contribution in [0.1, 0.15) is 10.5 Å². The van der Waals surface area contributed by atoms with Gasteiger partial charge in [-0.25, -0.2) is 13.9 Å². The summed E-state index contributed by atoms with van der Waals surface area (Å²) < 4.78 is 20.5. The summed E-state index contributed by atoms with van der Waals surface area (Å²) in [4.78, 5) is 11.1. The van der Waals surface area contributed by atoms with Crippen LogP contribution in [-0.2, 0) is 11.5 Å². The van der Waals surface area contributed by atoms with Crippen molar-refractivity contribution >= 4 is 14.0 Å². The van der Waals surface area contributed by atoms with Gasteiger partial charge >= 0.3 is 5.97 Å². The number of aromatic carboxylic acids is 1. The van der Waals surface area contributed by atoms with Gasteiger partial charge in [-0.3, -0.25) is 0 Å². The average Bonchev–Trinajstić information content (AvgIpc) is 2.87. The minimum Gasteiger partial charge on any atom is -0.476 e. The maximum Gasteiger partial charge on any atom is 0.356 e. The van der Waals surface area contributed by atoms with Crippen LogP contribution in [0.2, 0.25) is 25.7 Å². The zero-order valence-electron chi connectivity index (χ0n) is 13.5. The number of aromatic nitrogens is 2. The van der Waals surface area contributed by atoms with Crippen LogP contribution in [0.15, 0.2) is 30.3 Å². The highest BCUT2D eigenvalue weighted by molar-refractivity contribution is 6.76. The van der Waals surface area contributed by atoms with Crippen molar-refractivity contribution in [1.29, 1.82) is 0 Å². The van der Waals surface area contributed by atoms with Crippen molar-refractivity contribution < 1.29 is 19.0 Å². The molecule has 0 aliphatic heterocycles. The van der Waals surface area contributed by atoms with Crippen LogP contribution in [0.3, 0.4) is 0 Å². The van der Waals surface area contributed by atoms with Crippen LogP contribution in [0.4, 0.5) is 4.39 Å². The van der Waals surface area contributed by atoms with Gasteiger partial charge in [0, 0.05) is 20.2 Å². The summed E-state index contributed by atoms with van der Waals surface area (Å²) in [5.74, 6) is -1.50. The molecule has 0 bridgehead atoms. The molecule has 2 aromatic rings. The van der Waals surface area contributed by atoms with E-state index < -0.39 is 14.0 Å². The second kappa shape index (κ2) is 7.06. The first-order valence-corrected chi connectivity index (χ1v) is 11.1. The van der Waals surface area contributed by atoms with Crippen molar-refractivity contribution in [3.8, 4) is 11.3 Å². The summed E-state index contributed by atoms with van der Waals surface area (Å²) in [7, 11) is -1.19. The summed E-state index contributed by atoms with van der Waals surface area (Å²) >= 11 is 0. The molecular weight excluding hydrogens is 315 g/mol. The first kappa shape index (κ1) is 17.4. The number of carbonyl (C=O) groups is 1. The second-order valence-electron chi connectivity index (χ2n) is 6.58. The third-order valence-corrected chi connectivity index (χ3v) is 5.03. The number of benzene rings is 1. The smallest absolute Gasteiger partial charge is 0.356 e. The molecule has 0 atom stereocenters. The summed E-state index contributed by atoms with van der Waals surface area (Å²) in [6, 6.07) is 8.42. The van der Waals surface area contributed by atoms with Crippen molar-refractivity contribution in [3.63, 3.8) is 0 Å². The molecule has 0 spiro atoms. The second-order valence-corrected chi connectivity index (χ2v) is 12.2. The molecule has 1 N–H and O–H groups in total. The first-order valence-electron chi connectivity index (χ1n) is 7.41. The molecule has 0 radical (unpaired) electrons. The largest absolute Gasteiger partial charge is 0.476 e. The van der Waals surface area contributed by atoms with Crippen LogP contribution in [-0.4, -0.2) is 35.5 Å². The van der Waals surface area contributed by atoms with Crippen LogP contribution >= 0.6 is 0 Å². The van der Waals surface area contributed by atoms with E-state index in [1.165, 1.54) is 22.9 Å². The Kier molecular flexibility index (Phi) is 5.33. The van der Waals surface area contributed by atoms with E-state index in [0.717, 1.165) is 6.04 Å². The van der Waals surface area contributed by atoms with Crippen LogP contribution in [0.25, 0.3) is 11.3 Å². The maximum absolute atomic E-state index is 13.4. The zero-order chi connectivity index (χ0) is 17.0. The summed E-state index contributed by atoms with van der Waals surface area (Å²) in [6.45, 7) is 7.51. The van der Waals surface area contributed by atoms with E-state index >= 15 is 0 Å². The Morgan fingerprint density at radius 1 is 1.35 bits per heavy atom. The van der Waals surface area contributed by atoms with Gasteiger partial charge in [0.05, 0.1) is 5.69 Å². The van der Waals surface area contributed by atoms with Crippen molar-refractivity contribution in [3.05, 3.63) is 41.8 Å². The Bertz CT molecular complexity index is 695. The Hall–Kier alpha value is -1.99. The van der Waals surface area contributed by atoms with E-state index in [0.29, 0.717) is 17.9 Å². The number of hydrogen-bond acceptors (Lipinski definition) is 3. The molecule has 124 valence electrons. The van der Waals surface area contributed by atoms with Gasteiger partial charge < -0.3 is 9.84 Å². The van der Waals surface area contributed by atoms with Crippen molar-refractivity contribution in [2.75, 3.05) is 6.61 Å². The molecule has 2 rings (SSSR count). The van der Waals surface area contributed by atoms with E-state index in [2.05, 4.69) is 24.7 Å². The molecule has 0 amide bonds. The fraction of sp³-hybridized carbons (Fsp3) is 0.375. The Morgan fingerprint density at radius 2 is 2.09 bits per heavy atom. The van der Waals surface area contributed by atoms with Crippen molar-refractivity contribution in [2.45, 2.75) is 32.4 Å². The Morgan fingerprint density at radius 3 is 2.70 bits per heavy atom. The van der Waals surface area contributed by atoms with E-state index in [1.54, 1.807) is 12.1 Å². The van der Waals surface area contributed by atoms with Gasteiger partial charge in [0.25, 0.3) is 0 Å². The van der Waals surface area contributed by atoms with Crippen LogP contribution < -0.4 is 0 Å². The van der Waals surface area contributed by atoms with Gasteiger partial charge in [-0.15, -0.1) is 0 Å². The normalized spacial score (nSPS) is 11.7. The number of carboxylic acids is 1. The molecule has 0 saturated carbocycles. The molecule has 7 heteroatoms. The SMILES string of the molecule is C[Si](C)(C)CCOCn1nc(C(=O)O)cc1-c1cccc(F)c1. The van der Waals surface area contributed by atoms with Gasteiger partial charge in [-0.05, 0) is 24.2 Å². The fourth-order valence-corrected chi connectivity index (χ4v) is 2.79. The molecule has 0 saturated heterocycles. The molecule has 1 aromatic carbocycles. The predicted octanol–water partition coefficient (Wildman–Crippen LogP) is 3.70. The summed E-state index contributed by atoms with van der Waals surface area (Å²) in [5.41, 5.74) is 1.01. The highest BCUT2D eigenvalue weighted by Crippen LogP contribution is 2.22. The molecule has 23 heavy (non-hydrogen) atoms. The molecule has 0 aliphatic carbocycles. The first-order chi connectivity index (χ1) is 10.8. The summed E-state index contributed by atoms with van der Waals surface area (Å²) in [6.07, 6.45) is 0. The number of hydrogen-bond donors (Lipinski definition) is 1.